The van der Waals surface area contributed by atoms with Gasteiger partial charge in [-0.25, -0.2) is 0 Å². The minimum Gasteiger partial charge on any atom is -0.469 e. The Morgan fingerprint density at radius 2 is 1.15 bits per heavy atom. The molecule has 0 bridgehead atoms. The van der Waals surface area contributed by atoms with E-state index >= 15 is 0 Å². The molecule has 0 aliphatic carbocycles. The van der Waals surface area contributed by atoms with Gasteiger partial charge in [0.25, 0.3) is 0 Å². The molecule has 4 nitrogen and oxygen atoms in total. The highest BCUT2D eigenvalue weighted by molar-refractivity contribution is 7.19. The van der Waals surface area contributed by atoms with Crippen molar-refractivity contribution in [1.82, 2.24) is 9.97 Å². The zero-order valence-corrected chi connectivity index (χ0v) is 42.2. The fourth-order valence-corrected chi connectivity index (χ4v) is 7.46. The summed E-state index contributed by atoms with van der Waals surface area (Å²) in [4.78, 5) is 11.0. The van der Waals surface area contributed by atoms with E-state index in [-0.39, 0.29) is 21.7 Å². The Hall–Kier alpha value is -4.78. The highest BCUT2D eigenvalue weighted by Gasteiger charge is 2.19. The molecule has 0 atom stereocenters. The number of fused-ring (bicyclic) bond motifs is 2. The fourth-order valence-electron chi connectivity index (χ4n) is 5.60. The van der Waals surface area contributed by atoms with Gasteiger partial charge in [0.2, 0.25) is 0 Å². The van der Waals surface area contributed by atoms with Crippen LogP contribution >= 0.6 is 22.7 Å². The Bertz CT molecular complexity index is 2140. The summed E-state index contributed by atoms with van der Waals surface area (Å²) in [6.07, 6.45) is 9.09. The first-order valence-corrected chi connectivity index (χ1v) is 23.5. The maximum absolute atomic E-state index is 5.73. The number of hydrogen-bond acceptors (Lipinski definition) is 6. The lowest BCUT2D eigenvalue weighted by atomic mass is 9.88. The summed E-state index contributed by atoms with van der Waals surface area (Å²) >= 11 is 3.74. The van der Waals surface area contributed by atoms with E-state index in [1.807, 2.05) is 77.7 Å². The van der Waals surface area contributed by atoms with Gasteiger partial charge in [0.15, 0.2) is 0 Å². The number of para-hydroxylation sites is 1. The van der Waals surface area contributed by atoms with Crippen LogP contribution in [0.1, 0.15) is 155 Å². The van der Waals surface area contributed by atoms with Gasteiger partial charge < -0.3 is 8.83 Å². The first-order chi connectivity index (χ1) is 29.0. The molecular formula is C56H74N2O2S2. The highest BCUT2D eigenvalue weighted by atomic mass is 32.1. The third-order valence-electron chi connectivity index (χ3n) is 9.63. The summed E-state index contributed by atoms with van der Waals surface area (Å²) in [5.74, 6) is 3.33. The maximum Gasteiger partial charge on any atom is 0.134 e. The Morgan fingerprint density at radius 1 is 0.516 bits per heavy atom. The van der Waals surface area contributed by atoms with E-state index in [9.17, 15) is 0 Å². The van der Waals surface area contributed by atoms with Gasteiger partial charge in [-0.05, 0) is 105 Å². The molecule has 0 fully saturated rings. The topological polar surface area (TPSA) is 52.1 Å². The molecular weight excluding hydrogens is 797 g/mol. The predicted octanol–water partition coefficient (Wildman–Crippen LogP) is 18.0. The van der Waals surface area contributed by atoms with E-state index in [4.69, 9.17) is 8.83 Å². The number of benzene rings is 2. The number of rotatable bonds is 2. The van der Waals surface area contributed by atoms with Crippen molar-refractivity contribution in [3.8, 4) is 0 Å². The van der Waals surface area contributed by atoms with Gasteiger partial charge in [-0.15, -0.1) is 22.7 Å². The summed E-state index contributed by atoms with van der Waals surface area (Å²) < 4.78 is 12.2. The molecule has 0 saturated heterocycles. The Labute approximate surface area is 382 Å². The van der Waals surface area contributed by atoms with E-state index in [0.717, 1.165) is 17.1 Å². The van der Waals surface area contributed by atoms with Crippen molar-refractivity contribution in [2.75, 3.05) is 0 Å². The van der Waals surface area contributed by atoms with E-state index in [0.29, 0.717) is 11.8 Å². The van der Waals surface area contributed by atoms with Gasteiger partial charge >= 0.3 is 0 Å². The standard InChI is InChI=1S/C12H14O.C12H14S.2C9H13N.C7H10O.C7H10S/c2*1-12(2,3)11-8-9-6-4-5-7-10(9)13-11;1-9(2,3)8-4-6-10-7-5-8;1-9(2,3)8-5-4-6-10-7-8;2*1-6(2)7-4-3-5-8-7/h2*4-8H,1-3H3;2*4-7H,1-3H3;2*3-6H,1-2H3. The van der Waals surface area contributed by atoms with E-state index in [1.165, 1.54) is 36.4 Å². The summed E-state index contributed by atoms with van der Waals surface area (Å²) in [7, 11) is 0. The molecule has 0 saturated carbocycles. The minimum absolute atomic E-state index is 0.0962. The second-order valence-corrected chi connectivity index (χ2v) is 22.2. The first-order valence-electron chi connectivity index (χ1n) is 21.8. The molecule has 0 spiro atoms. The van der Waals surface area contributed by atoms with Crippen LogP contribution in [-0.2, 0) is 21.7 Å². The largest absolute Gasteiger partial charge is 0.469 e. The average Bonchev–Trinajstić information content (AvgIpc) is 4.06. The number of thiophene rings is 2. The van der Waals surface area contributed by atoms with Crippen LogP contribution in [0.3, 0.4) is 0 Å². The van der Waals surface area contributed by atoms with Crippen LogP contribution in [0.25, 0.3) is 21.1 Å². The molecule has 0 radical (unpaired) electrons. The van der Waals surface area contributed by atoms with Crippen LogP contribution in [0.15, 0.2) is 154 Å². The molecule has 8 rings (SSSR count). The second kappa shape index (κ2) is 23.6. The molecule has 0 aliphatic rings. The van der Waals surface area contributed by atoms with Crippen molar-refractivity contribution in [1.29, 1.82) is 0 Å². The minimum atomic E-state index is 0.0962. The summed E-state index contributed by atoms with van der Waals surface area (Å²) in [6.45, 7) is 35.0. The van der Waals surface area contributed by atoms with Crippen LogP contribution in [-0.4, -0.2) is 9.97 Å². The fraction of sp³-hybridized carbons (Fsp3) is 0.393. The normalized spacial score (nSPS) is 11.5. The van der Waals surface area contributed by atoms with Gasteiger partial charge in [-0.3, -0.25) is 9.97 Å². The summed E-state index contributed by atoms with van der Waals surface area (Å²) in [5.41, 5.74) is 4.46. The molecule has 2 aromatic carbocycles. The van der Waals surface area contributed by atoms with Crippen molar-refractivity contribution in [3.05, 3.63) is 178 Å². The molecule has 0 amide bonds. The highest BCUT2D eigenvalue weighted by Crippen LogP contribution is 2.34. The predicted molar refractivity (Wildman–Crippen MR) is 273 cm³/mol. The molecule has 0 N–H and O–H groups in total. The number of hydrogen-bond donors (Lipinski definition) is 0. The van der Waals surface area contributed by atoms with Crippen molar-refractivity contribution in [2.45, 2.75) is 144 Å². The Morgan fingerprint density at radius 3 is 1.55 bits per heavy atom. The Kier molecular flexibility index (Phi) is 19.6. The van der Waals surface area contributed by atoms with Gasteiger partial charge in [0, 0.05) is 56.0 Å². The van der Waals surface area contributed by atoms with Crippen LogP contribution in [0.5, 0.6) is 0 Å². The summed E-state index contributed by atoms with van der Waals surface area (Å²) in [5, 5.41) is 4.68. The third kappa shape index (κ3) is 17.9. The molecule has 0 aliphatic heterocycles. The van der Waals surface area contributed by atoms with E-state index in [1.54, 1.807) is 12.5 Å². The van der Waals surface area contributed by atoms with Crippen LogP contribution in [0.2, 0.25) is 0 Å². The maximum atomic E-state index is 5.73. The molecule has 8 aromatic rings. The number of pyridine rings is 2. The van der Waals surface area contributed by atoms with E-state index in [2.05, 4.69) is 199 Å². The average molecular weight is 871 g/mol. The molecule has 62 heavy (non-hydrogen) atoms. The molecule has 6 aromatic heterocycles. The smallest absolute Gasteiger partial charge is 0.134 e. The van der Waals surface area contributed by atoms with Crippen molar-refractivity contribution < 1.29 is 8.83 Å². The van der Waals surface area contributed by atoms with E-state index < -0.39 is 0 Å². The molecule has 0 unspecified atom stereocenters. The zero-order valence-electron chi connectivity index (χ0n) is 40.5. The quantitative estimate of drug-likeness (QED) is 0.174. The van der Waals surface area contributed by atoms with Crippen molar-refractivity contribution in [3.63, 3.8) is 0 Å². The van der Waals surface area contributed by atoms with Crippen molar-refractivity contribution in [2.24, 2.45) is 0 Å². The first kappa shape index (κ1) is 51.6. The monoisotopic (exact) mass is 871 g/mol. The lowest BCUT2D eigenvalue weighted by Crippen LogP contribution is -2.10. The van der Waals surface area contributed by atoms with Crippen LogP contribution < -0.4 is 0 Å². The number of aromatic nitrogens is 2. The van der Waals surface area contributed by atoms with Gasteiger partial charge in [0.05, 0.1) is 6.26 Å². The second-order valence-electron chi connectivity index (χ2n) is 20.1. The van der Waals surface area contributed by atoms with Gasteiger partial charge in [-0.2, -0.15) is 0 Å². The SMILES string of the molecule is CC(C)(C)c1cc2ccccc2o1.CC(C)(C)c1cc2ccccc2s1.CC(C)(C)c1cccnc1.CC(C)(C)c1ccncc1.CC(C)c1ccco1.CC(C)c1cccs1. The molecule has 6 heteroatoms. The number of nitrogens with zero attached hydrogens (tertiary/aromatic N) is 2. The van der Waals surface area contributed by atoms with Gasteiger partial charge in [0.1, 0.15) is 17.1 Å². The lowest BCUT2D eigenvalue weighted by molar-refractivity contribution is 0.430. The zero-order chi connectivity index (χ0) is 46.1. The molecule has 332 valence electrons. The molecule has 6 heterocycles. The number of furan rings is 2. The Balaban J connectivity index is 0.000000200. The third-order valence-corrected chi connectivity index (χ3v) is 12.3. The van der Waals surface area contributed by atoms with Crippen LogP contribution in [0, 0.1) is 0 Å². The lowest BCUT2D eigenvalue weighted by Gasteiger charge is -2.17. The van der Waals surface area contributed by atoms with Gasteiger partial charge in [-0.1, -0.05) is 159 Å². The van der Waals surface area contributed by atoms with Crippen molar-refractivity contribution >= 4 is 43.7 Å². The summed E-state index contributed by atoms with van der Waals surface area (Å²) in [6, 6.07) is 37.5. The van der Waals surface area contributed by atoms with Crippen LogP contribution in [0.4, 0.5) is 0 Å².